The Labute approximate surface area is 103 Å². The van der Waals surface area contributed by atoms with Crippen LogP contribution in [0.1, 0.15) is 37.8 Å². The summed E-state index contributed by atoms with van der Waals surface area (Å²) in [6.07, 6.45) is 3.51. The van der Waals surface area contributed by atoms with E-state index in [9.17, 15) is 4.79 Å². The fourth-order valence-electron chi connectivity index (χ4n) is 1.66. The molecule has 0 saturated carbocycles. The minimum Gasteiger partial charge on any atom is -0.463 e. The molecule has 1 rings (SSSR count). The van der Waals surface area contributed by atoms with Crippen molar-refractivity contribution in [2.45, 2.75) is 33.6 Å². The molecular weight excluding hydrogens is 212 g/mol. The molecule has 0 N–H and O–H groups in total. The van der Waals surface area contributed by atoms with Gasteiger partial charge in [-0.15, -0.1) is 0 Å². The highest BCUT2D eigenvalue weighted by atomic mass is 16.5. The lowest BCUT2D eigenvalue weighted by Crippen LogP contribution is -2.01. The van der Waals surface area contributed by atoms with Crippen molar-refractivity contribution in [2.75, 3.05) is 6.61 Å². The van der Waals surface area contributed by atoms with Crippen LogP contribution in [0.3, 0.4) is 0 Å². The Balaban J connectivity index is 2.92. The quantitative estimate of drug-likeness (QED) is 0.571. The van der Waals surface area contributed by atoms with E-state index >= 15 is 0 Å². The number of aryl methyl sites for hydroxylation is 1. The molecule has 2 heteroatoms. The number of rotatable bonds is 5. The van der Waals surface area contributed by atoms with Crippen LogP contribution in [0.4, 0.5) is 0 Å². The zero-order chi connectivity index (χ0) is 12.7. The van der Waals surface area contributed by atoms with E-state index in [4.69, 9.17) is 4.74 Å². The third kappa shape index (κ3) is 4.43. The molecule has 0 atom stereocenters. The predicted molar refractivity (Wildman–Crippen MR) is 70.7 cm³/mol. The van der Waals surface area contributed by atoms with Crippen LogP contribution in [0.15, 0.2) is 30.3 Å². The van der Waals surface area contributed by atoms with Crippen molar-refractivity contribution in [3.05, 3.63) is 41.5 Å². The number of hydrogen-bond donors (Lipinski definition) is 0. The second-order valence-corrected chi connectivity index (χ2v) is 4.04. The van der Waals surface area contributed by atoms with Crippen molar-refractivity contribution >= 4 is 11.5 Å². The number of allylic oxidation sites excluding steroid dienone is 1. The van der Waals surface area contributed by atoms with E-state index in [1.54, 1.807) is 6.08 Å². The van der Waals surface area contributed by atoms with Crippen LogP contribution in [-0.2, 0) is 9.53 Å². The molecule has 0 radical (unpaired) electrons. The van der Waals surface area contributed by atoms with E-state index in [1.807, 2.05) is 6.92 Å². The maximum absolute atomic E-state index is 11.5. The van der Waals surface area contributed by atoms with E-state index in [2.05, 4.69) is 38.1 Å². The van der Waals surface area contributed by atoms with E-state index in [-0.39, 0.29) is 5.97 Å². The number of hydrogen-bond acceptors (Lipinski definition) is 2. The van der Waals surface area contributed by atoms with Gasteiger partial charge in [0.1, 0.15) is 0 Å². The van der Waals surface area contributed by atoms with Crippen molar-refractivity contribution in [2.24, 2.45) is 0 Å². The van der Waals surface area contributed by atoms with Crippen LogP contribution in [0, 0.1) is 6.92 Å². The molecule has 0 aliphatic carbocycles. The fourth-order valence-corrected chi connectivity index (χ4v) is 1.66. The summed E-state index contributed by atoms with van der Waals surface area (Å²) in [7, 11) is 0. The molecule has 2 nitrogen and oxygen atoms in total. The van der Waals surface area contributed by atoms with Gasteiger partial charge < -0.3 is 4.74 Å². The van der Waals surface area contributed by atoms with Crippen LogP contribution < -0.4 is 0 Å². The normalized spacial score (nSPS) is 11.4. The Bertz CT molecular complexity index is 388. The van der Waals surface area contributed by atoms with Gasteiger partial charge in [-0.25, -0.2) is 4.79 Å². The SMILES string of the molecule is CCCC(=CC(=O)OCC)c1ccc(C)cc1. The first-order chi connectivity index (χ1) is 8.17. The number of carbonyl (C=O) groups is 1. The lowest BCUT2D eigenvalue weighted by atomic mass is 10.00. The first kappa shape index (κ1) is 13.5. The Morgan fingerprint density at radius 1 is 1.24 bits per heavy atom. The van der Waals surface area contributed by atoms with Gasteiger partial charge in [0.05, 0.1) is 6.61 Å². The summed E-state index contributed by atoms with van der Waals surface area (Å²) in [5, 5.41) is 0. The van der Waals surface area contributed by atoms with Gasteiger partial charge in [-0.1, -0.05) is 43.2 Å². The first-order valence-electron chi connectivity index (χ1n) is 6.11. The van der Waals surface area contributed by atoms with Gasteiger partial charge in [-0.05, 0) is 31.4 Å². The molecule has 92 valence electrons. The van der Waals surface area contributed by atoms with Gasteiger partial charge in [0, 0.05) is 6.08 Å². The standard InChI is InChI=1S/C15H20O2/c1-4-6-14(11-15(16)17-5-2)13-9-7-12(3)8-10-13/h7-11H,4-6H2,1-3H3. The topological polar surface area (TPSA) is 26.3 Å². The lowest BCUT2D eigenvalue weighted by Gasteiger charge is -2.07. The number of esters is 1. The van der Waals surface area contributed by atoms with Crippen LogP contribution in [-0.4, -0.2) is 12.6 Å². The van der Waals surface area contributed by atoms with Gasteiger partial charge >= 0.3 is 5.97 Å². The van der Waals surface area contributed by atoms with Crippen LogP contribution in [0.5, 0.6) is 0 Å². The molecule has 0 saturated heterocycles. The fraction of sp³-hybridized carbons (Fsp3) is 0.400. The predicted octanol–water partition coefficient (Wildman–Crippen LogP) is 3.74. The smallest absolute Gasteiger partial charge is 0.331 e. The third-order valence-corrected chi connectivity index (χ3v) is 2.52. The molecule has 0 spiro atoms. The second kappa shape index (κ2) is 6.89. The van der Waals surface area contributed by atoms with E-state index in [0.29, 0.717) is 6.61 Å². The molecule has 0 aromatic heterocycles. The highest BCUT2D eigenvalue weighted by Crippen LogP contribution is 2.20. The average molecular weight is 232 g/mol. The molecule has 0 amide bonds. The minimum absolute atomic E-state index is 0.253. The maximum Gasteiger partial charge on any atom is 0.331 e. The van der Waals surface area contributed by atoms with Gasteiger partial charge in [-0.2, -0.15) is 0 Å². The van der Waals surface area contributed by atoms with Crippen molar-refractivity contribution < 1.29 is 9.53 Å². The highest BCUT2D eigenvalue weighted by Gasteiger charge is 2.04. The molecular formula is C15H20O2. The zero-order valence-corrected chi connectivity index (χ0v) is 10.8. The monoisotopic (exact) mass is 232 g/mol. The summed E-state index contributed by atoms with van der Waals surface area (Å²) < 4.78 is 4.95. The lowest BCUT2D eigenvalue weighted by molar-refractivity contribution is -0.137. The van der Waals surface area contributed by atoms with Crippen molar-refractivity contribution in [3.8, 4) is 0 Å². The zero-order valence-electron chi connectivity index (χ0n) is 10.8. The van der Waals surface area contributed by atoms with E-state index in [0.717, 1.165) is 24.0 Å². The highest BCUT2D eigenvalue weighted by molar-refractivity contribution is 5.91. The summed E-state index contributed by atoms with van der Waals surface area (Å²) in [4.78, 5) is 11.5. The summed E-state index contributed by atoms with van der Waals surface area (Å²) in [5.74, 6) is -0.253. The van der Waals surface area contributed by atoms with Crippen LogP contribution >= 0.6 is 0 Å². The summed E-state index contributed by atoms with van der Waals surface area (Å²) in [5.41, 5.74) is 3.37. The molecule has 0 heterocycles. The van der Waals surface area contributed by atoms with E-state index in [1.165, 1.54) is 5.56 Å². The molecule has 17 heavy (non-hydrogen) atoms. The van der Waals surface area contributed by atoms with Crippen LogP contribution in [0.2, 0.25) is 0 Å². The van der Waals surface area contributed by atoms with Gasteiger partial charge in [0.25, 0.3) is 0 Å². The summed E-state index contributed by atoms with van der Waals surface area (Å²) >= 11 is 0. The minimum atomic E-state index is -0.253. The molecule has 0 unspecified atom stereocenters. The molecule has 0 aliphatic heterocycles. The Hall–Kier alpha value is -1.57. The summed E-state index contributed by atoms with van der Waals surface area (Å²) in [6.45, 7) is 6.39. The number of carbonyl (C=O) groups excluding carboxylic acids is 1. The van der Waals surface area contributed by atoms with Crippen molar-refractivity contribution in [1.82, 2.24) is 0 Å². The Morgan fingerprint density at radius 2 is 1.88 bits per heavy atom. The Morgan fingerprint density at radius 3 is 2.41 bits per heavy atom. The van der Waals surface area contributed by atoms with Gasteiger partial charge in [-0.3, -0.25) is 0 Å². The molecule has 0 aliphatic rings. The third-order valence-electron chi connectivity index (χ3n) is 2.52. The largest absolute Gasteiger partial charge is 0.463 e. The number of ether oxygens (including phenoxy) is 1. The van der Waals surface area contributed by atoms with Crippen LogP contribution in [0.25, 0.3) is 5.57 Å². The molecule has 0 fully saturated rings. The number of benzene rings is 1. The first-order valence-corrected chi connectivity index (χ1v) is 6.11. The average Bonchev–Trinajstić information content (AvgIpc) is 2.30. The van der Waals surface area contributed by atoms with Gasteiger partial charge in [0.15, 0.2) is 0 Å². The van der Waals surface area contributed by atoms with Crippen molar-refractivity contribution in [1.29, 1.82) is 0 Å². The maximum atomic E-state index is 11.5. The molecule has 1 aromatic rings. The summed E-state index contributed by atoms with van der Waals surface area (Å²) in [6, 6.07) is 8.22. The van der Waals surface area contributed by atoms with E-state index < -0.39 is 0 Å². The van der Waals surface area contributed by atoms with Gasteiger partial charge in [0.2, 0.25) is 0 Å². The van der Waals surface area contributed by atoms with Crippen molar-refractivity contribution in [3.63, 3.8) is 0 Å². The molecule has 1 aromatic carbocycles. The molecule has 0 bridgehead atoms. The Kier molecular flexibility index (Phi) is 5.47. The second-order valence-electron chi connectivity index (χ2n) is 4.04.